The fourth-order valence-electron chi connectivity index (χ4n) is 3.17. The Morgan fingerprint density at radius 2 is 2.04 bits per heavy atom. The molecule has 0 aliphatic carbocycles. The average Bonchev–Trinajstić information content (AvgIpc) is 2.55. The summed E-state index contributed by atoms with van der Waals surface area (Å²) in [7, 11) is 0. The van der Waals surface area contributed by atoms with Crippen molar-refractivity contribution in [1.82, 2.24) is 19.9 Å². The van der Waals surface area contributed by atoms with Gasteiger partial charge in [-0.2, -0.15) is 0 Å². The first kappa shape index (κ1) is 14.1. The van der Waals surface area contributed by atoms with Gasteiger partial charge in [-0.15, -0.1) is 0 Å². The van der Waals surface area contributed by atoms with Crippen molar-refractivity contribution in [1.29, 1.82) is 0 Å². The molecule has 3 heterocycles. The molecule has 1 aliphatic rings. The monoisotopic (exact) mass is 306 g/mol. The van der Waals surface area contributed by atoms with Gasteiger partial charge in [-0.05, 0) is 19.1 Å². The minimum absolute atomic E-state index is 0.0105. The predicted molar refractivity (Wildman–Crippen MR) is 89.2 cm³/mol. The van der Waals surface area contributed by atoms with Crippen LogP contribution in [0.3, 0.4) is 0 Å². The van der Waals surface area contributed by atoms with E-state index in [-0.39, 0.29) is 5.56 Å². The van der Waals surface area contributed by atoms with Gasteiger partial charge in [-0.25, -0.2) is 4.98 Å². The number of pyridine rings is 1. The summed E-state index contributed by atoms with van der Waals surface area (Å²) in [5.74, 6) is 0.693. The number of hydrogen-bond donors (Lipinski definition) is 1. The fourth-order valence-corrected chi connectivity index (χ4v) is 3.17. The molecule has 5 heteroatoms. The summed E-state index contributed by atoms with van der Waals surface area (Å²) in [5, 5.41) is 1.15. The number of fused-ring (bicyclic) bond motifs is 2. The van der Waals surface area contributed by atoms with Crippen molar-refractivity contribution in [2.75, 3.05) is 6.54 Å². The smallest absolute Gasteiger partial charge is 0.255 e. The molecule has 4 rings (SSSR count). The van der Waals surface area contributed by atoms with Gasteiger partial charge in [0.1, 0.15) is 5.82 Å². The molecule has 0 amide bonds. The van der Waals surface area contributed by atoms with Gasteiger partial charge in [0, 0.05) is 31.4 Å². The normalized spacial score (nSPS) is 14.8. The molecule has 0 spiro atoms. The maximum Gasteiger partial charge on any atom is 0.255 e. The second kappa shape index (κ2) is 5.59. The van der Waals surface area contributed by atoms with Crippen molar-refractivity contribution in [3.05, 3.63) is 69.5 Å². The second-order valence-corrected chi connectivity index (χ2v) is 6.03. The van der Waals surface area contributed by atoms with Crippen LogP contribution in [0.5, 0.6) is 0 Å². The molecule has 1 aliphatic heterocycles. The van der Waals surface area contributed by atoms with Gasteiger partial charge in [0.25, 0.3) is 5.56 Å². The Balaban J connectivity index is 1.58. The quantitative estimate of drug-likeness (QED) is 0.788. The van der Waals surface area contributed by atoms with Gasteiger partial charge in [-0.3, -0.25) is 14.7 Å². The summed E-state index contributed by atoms with van der Waals surface area (Å²) in [6.45, 7) is 4.11. The molecule has 0 unspecified atom stereocenters. The highest BCUT2D eigenvalue weighted by Gasteiger charge is 2.21. The van der Waals surface area contributed by atoms with E-state index in [4.69, 9.17) is 4.98 Å². The van der Waals surface area contributed by atoms with Crippen LogP contribution in [0.25, 0.3) is 10.9 Å². The molecule has 0 atom stereocenters. The van der Waals surface area contributed by atoms with Crippen LogP contribution in [0, 0.1) is 6.92 Å². The van der Waals surface area contributed by atoms with E-state index in [0.717, 1.165) is 47.4 Å². The van der Waals surface area contributed by atoms with Gasteiger partial charge in [0.15, 0.2) is 0 Å². The average molecular weight is 306 g/mol. The molecule has 1 aromatic carbocycles. The molecular weight excluding hydrogens is 288 g/mol. The lowest BCUT2D eigenvalue weighted by atomic mass is 10.1. The Bertz CT molecular complexity index is 932. The zero-order valence-electron chi connectivity index (χ0n) is 13.0. The predicted octanol–water partition coefficient (Wildman–Crippen LogP) is 2.18. The van der Waals surface area contributed by atoms with E-state index in [1.165, 1.54) is 0 Å². The van der Waals surface area contributed by atoms with E-state index in [0.29, 0.717) is 12.4 Å². The number of H-pyrrole nitrogens is 1. The number of aromatic amines is 1. The van der Waals surface area contributed by atoms with Crippen LogP contribution in [0.1, 0.15) is 22.8 Å². The van der Waals surface area contributed by atoms with Crippen molar-refractivity contribution < 1.29 is 0 Å². The fraction of sp³-hybridized carbons (Fsp3) is 0.278. The van der Waals surface area contributed by atoms with Gasteiger partial charge in [0.05, 0.1) is 22.5 Å². The number of hydrogen-bond acceptors (Lipinski definition) is 4. The Morgan fingerprint density at radius 1 is 1.17 bits per heavy atom. The van der Waals surface area contributed by atoms with Crippen molar-refractivity contribution >= 4 is 10.9 Å². The van der Waals surface area contributed by atoms with Crippen LogP contribution in [-0.4, -0.2) is 26.4 Å². The number of aryl methyl sites for hydroxylation is 1. The van der Waals surface area contributed by atoms with E-state index in [1.807, 2.05) is 25.1 Å². The number of nitrogens with one attached hydrogen (secondary N) is 1. The first-order valence-electron chi connectivity index (χ1n) is 7.85. The summed E-state index contributed by atoms with van der Waals surface area (Å²) in [5.41, 5.74) is 3.77. The number of para-hydroxylation sites is 1. The molecule has 5 nitrogen and oxygen atoms in total. The minimum atomic E-state index is -0.0105. The van der Waals surface area contributed by atoms with Crippen molar-refractivity contribution in [2.24, 2.45) is 0 Å². The zero-order valence-corrected chi connectivity index (χ0v) is 13.0. The SMILES string of the molecule is Cc1nc2c(c(=O)[nH]1)CN(Cc1ccc3ccccc3n1)CC2. The lowest BCUT2D eigenvalue weighted by Crippen LogP contribution is -2.35. The van der Waals surface area contributed by atoms with E-state index < -0.39 is 0 Å². The molecule has 23 heavy (non-hydrogen) atoms. The summed E-state index contributed by atoms with van der Waals surface area (Å²) < 4.78 is 0. The largest absolute Gasteiger partial charge is 0.310 e. The van der Waals surface area contributed by atoms with E-state index in [9.17, 15) is 4.79 Å². The van der Waals surface area contributed by atoms with Crippen molar-refractivity contribution in [3.63, 3.8) is 0 Å². The molecule has 2 aromatic heterocycles. The van der Waals surface area contributed by atoms with Crippen LogP contribution in [0.4, 0.5) is 0 Å². The van der Waals surface area contributed by atoms with Crippen molar-refractivity contribution in [3.8, 4) is 0 Å². The third-order valence-corrected chi connectivity index (χ3v) is 4.31. The van der Waals surface area contributed by atoms with Gasteiger partial charge in [0.2, 0.25) is 0 Å². The summed E-state index contributed by atoms with van der Waals surface area (Å²) >= 11 is 0. The standard InChI is InChI=1S/C18H18N4O/c1-12-19-17-8-9-22(11-15(17)18(23)20-12)10-14-7-6-13-4-2-3-5-16(13)21-14/h2-7H,8-11H2,1H3,(H,19,20,23). The third-order valence-electron chi connectivity index (χ3n) is 4.31. The number of nitrogens with zero attached hydrogens (tertiary/aromatic N) is 3. The van der Waals surface area contributed by atoms with Crippen LogP contribution in [0.2, 0.25) is 0 Å². The highest BCUT2D eigenvalue weighted by atomic mass is 16.1. The van der Waals surface area contributed by atoms with Crippen molar-refractivity contribution in [2.45, 2.75) is 26.4 Å². The lowest BCUT2D eigenvalue weighted by Gasteiger charge is -2.27. The first-order chi connectivity index (χ1) is 11.2. The van der Waals surface area contributed by atoms with Crippen LogP contribution in [0.15, 0.2) is 41.2 Å². The molecule has 0 bridgehead atoms. The Hall–Kier alpha value is -2.53. The first-order valence-corrected chi connectivity index (χ1v) is 7.85. The van der Waals surface area contributed by atoms with E-state index in [2.05, 4.69) is 33.1 Å². The maximum absolute atomic E-state index is 12.1. The third kappa shape index (κ3) is 2.75. The van der Waals surface area contributed by atoms with Gasteiger partial charge >= 0.3 is 0 Å². The Kier molecular flexibility index (Phi) is 3.42. The van der Waals surface area contributed by atoms with Gasteiger partial charge < -0.3 is 4.98 Å². The molecule has 3 aromatic rings. The zero-order chi connectivity index (χ0) is 15.8. The topological polar surface area (TPSA) is 61.9 Å². The van der Waals surface area contributed by atoms with Crippen LogP contribution >= 0.6 is 0 Å². The lowest BCUT2D eigenvalue weighted by molar-refractivity contribution is 0.239. The number of benzene rings is 1. The van der Waals surface area contributed by atoms with Crippen LogP contribution < -0.4 is 5.56 Å². The van der Waals surface area contributed by atoms with E-state index in [1.54, 1.807) is 0 Å². The molecule has 0 radical (unpaired) electrons. The Morgan fingerprint density at radius 3 is 2.96 bits per heavy atom. The molecule has 1 N–H and O–H groups in total. The molecule has 0 fully saturated rings. The van der Waals surface area contributed by atoms with Crippen LogP contribution in [-0.2, 0) is 19.5 Å². The maximum atomic E-state index is 12.1. The molecule has 116 valence electrons. The summed E-state index contributed by atoms with van der Waals surface area (Å²) in [6.07, 6.45) is 0.813. The minimum Gasteiger partial charge on any atom is -0.310 e. The summed E-state index contributed by atoms with van der Waals surface area (Å²) in [4.78, 5) is 26.4. The van der Waals surface area contributed by atoms with Gasteiger partial charge in [-0.1, -0.05) is 24.3 Å². The second-order valence-electron chi connectivity index (χ2n) is 6.03. The molecule has 0 saturated carbocycles. The highest BCUT2D eigenvalue weighted by molar-refractivity contribution is 5.78. The Labute approximate surface area is 134 Å². The highest BCUT2D eigenvalue weighted by Crippen LogP contribution is 2.17. The van der Waals surface area contributed by atoms with E-state index >= 15 is 0 Å². The molecular formula is C18H18N4O. The number of rotatable bonds is 2. The number of aromatic nitrogens is 3. The summed E-state index contributed by atoms with van der Waals surface area (Å²) in [6, 6.07) is 12.3. The molecule has 0 saturated heterocycles.